The molecule has 3 aromatic rings. The Hall–Kier alpha value is -1.86. The van der Waals surface area contributed by atoms with E-state index >= 15 is 0 Å². The lowest BCUT2D eigenvalue weighted by molar-refractivity contribution is 0.734. The van der Waals surface area contributed by atoms with Crippen molar-refractivity contribution in [2.45, 2.75) is 46.5 Å². The molecular weight excluding hydrogens is 380 g/mol. The number of halogens is 1. The van der Waals surface area contributed by atoms with Crippen molar-refractivity contribution >= 4 is 15.9 Å². The Morgan fingerprint density at radius 1 is 0.808 bits per heavy atom. The first-order valence-corrected chi connectivity index (χ1v) is 10.3. The molecule has 0 aliphatic heterocycles. The first-order chi connectivity index (χ1) is 12.5. The minimum atomic E-state index is 0.625. The van der Waals surface area contributed by atoms with Crippen molar-refractivity contribution in [3.8, 4) is 22.3 Å². The van der Waals surface area contributed by atoms with Gasteiger partial charge in [0, 0.05) is 4.47 Å². The van der Waals surface area contributed by atoms with Crippen molar-refractivity contribution in [3.05, 3.63) is 81.8 Å². The summed E-state index contributed by atoms with van der Waals surface area (Å²) >= 11 is 3.68. The van der Waals surface area contributed by atoms with Crippen LogP contribution in [0.15, 0.2) is 65.1 Å². The van der Waals surface area contributed by atoms with Crippen LogP contribution in [0.2, 0.25) is 0 Å². The highest BCUT2D eigenvalue weighted by Gasteiger charge is 2.08. The third-order valence-corrected chi connectivity index (χ3v) is 6.13. The Balaban J connectivity index is 1.89. The molecule has 0 heterocycles. The van der Waals surface area contributed by atoms with E-state index in [0.29, 0.717) is 5.92 Å². The third-order valence-electron chi connectivity index (χ3n) is 5.40. The molecule has 26 heavy (non-hydrogen) atoms. The first kappa shape index (κ1) is 18.9. The highest BCUT2D eigenvalue weighted by atomic mass is 79.9. The second-order valence-corrected chi connectivity index (χ2v) is 7.98. The second kappa shape index (κ2) is 8.22. The fourth-order valence-corrected chi connectivity index (χ4v) is 4.12. The topological polar surface area (TPSA) is 0 Å². The summed E-state index contributed by atoms with van der Waals surface area (Å²) in [5.74, 6) is 0.625. The zero-order valence-electron chi connectivity index (χ0n) is 16.1. The summed E-state index contributed by atoms with van der Waals surface area (Å²) in [7, 11) is 0. The van der Waals surface area contributed by atoms with E-state index in [0.717, 1.165) is 6.42 Å². The molecule has 0 bridgehead atoms. The monoisotopic (exact) mass is 406 g/mol. The quantitative estimate of drug-likeness (QED) is 0.400. The molecule has 0 spiro atoms. The van der Waals surface area contributed by atoms with Crippen molar-refractivity contribution in [3.63, 3.8) is 0 Å². The van der Waals surface area contributed by atoms with Gasteiger partial charge in [0.25, 0.3) is 0 Å². The van der Waals surface area contributed by atoms with Gasteiger partial charge in [-0.25, -0.2) is 0 Å². The van der Waals surface area contributed by atoms with Crippen molar-refractivity contribution in [1.82, 2.24) is 0 Å². The van der Waals surface area contributed by atoms with Crippen LogP contribution < -0.4 is 0 Å². The highest BCUT2D eigenvalue weighted by Crippen LogP contribution is 2.31. The molecule has 0 fully saturated rings. The largest absolute Gasteiger partial charge is 0.0648 e. The lowest BCUT2D eigenvalue weighted by Crippen LogP contribution is -1.91. The Kier molecular flexibility index (Phi) is 5.98. The van der Waals surface area contributed by atoms with Crippen LogP contribution in [0.25, 0.3) is 22.3 Å². The standard InChI is InChI=1S/C25H27Br/c1-5-17(3)20-7-9-21(10-8-20)22-11-13-23(14-12-22)24-16-19(6-2)25(26)15-18(24)4/h7-17H,5-6H2,1-4H3. The molecule has 0 aliphatic carbocycles. The molecule has 3 aromatic carbocycles. The Labute approximate surface area is 166 Å². The van der Waals surface area contributed by atoms with Gasteiger partial charge in [0.1, 0.15) is 0 Å². The third kappa shape index (κ3) is 3.94. The number of benzene rings is 3. The minimum Gasteiger partial charge on any atom is -0.0648 e. The second-order valence-electron chi connectivity index (χ2n) is 7.12. The van der Waals surface area contributed by atoms with E-state index in [1.807, 2.05) is 0 Å². The Morgan fingerprint density at radius 2 is 1.35 bits per heavy atom. The summed E-state index contributed by atoms with van der Waals surface area (Å²) in [6, 6.07) is 22.5. The fraction of sp³-hybridized carbons (Fsp3) is 0.280. The van der Waals surface area contributed by atoms with Gasteiger partial charge >= 0.3 is 0 Å². The van der Waals surface area contributed by atoms with Gasteiger partial charge in [0.05, 0.1) is 0 Å². The van der Waals surface area contributed by atoms with E-state index in [1.54, 1.807) is 0 Å². The van der Waals surface area contributed by atoms with Crippen LogP contribution in [0.3, 0.4) is 0 Å². The molecular formula is C25H27Br. The Morgan fingerprint density at radius 3 is 1.88 bits per heavy atom. The summed E-state index contributed by atoms with van der Waals surface area (Å²) in [5.41, 5.74) is 9.24. The van der Waals surface area contributed by atoms with Gasteiger partial charge in [0.15, 0.2) is 0 Å². The van der Waals surface area contributed by atoms with Crippen molar-refractivity contribution < 1.29 is 0 Å². The van der Waals surface area contributed by atoms with Gasteiger partial charge in [-0.3, -0.25) is 0 Å². The number of rotatable bonds is 5. The Bertz CT molecular complexity index is 873. The van der Waals surface area contributed by atoms with Gasteiger partial charge in [-0.05, 0) is 76.8 Å². The van der Waals surface area contributed by atoms with Gasteiger partial charge in [-0.2, -0.15) is 0 Å². The average molecular weight is 407 g/mol. The van der Waals surface area contributed by atoms with Gasteiger partial charge in [-0.15, -0.1) is 0 Å². The molecule has 134 valence electrons. The van der Waals surface area contributed by atoms with E-state index in [9.17, 15) is 0 Å². The molecule has 0 amide bonds. The fourth-order valence-electron chi connectivity index (χ4n) is 3.38. The molecule has 0 nitrogen and oxygen atoms in total. The summed E-state index contributed by atoms with van der Waals surface area (Å²) in [6.07, 6.45) is 2.22. The number of hydrogen-bond acceptors (Lipinski definition) is 0. The predicted molar refractivity (Wildman–Crippen MR) is 118 cm³/mol. The first-order valence-electron chi connectivity index (χ1n) is 9.53. The molecule has 1 unspecified atom stereocenters. The summed E-state index contributed by atoms with van der Waals surface area (Å²) in [5, 5.41) is 0. The number of aryl methyl sites for hydroxylation is 2. The molecule has 0 aromatic heterocycles. The van der Waals surface area contributed by atoms with Crippen LogP contribution in [0, 0.1) is 6.92 Å². The summed E-state index contributed by atoms with van der Waals surface area (Å²) in [6.45, 7) is 8.91. The maximum atomic E-state index is 3.68. The summed E-state index contributed by atoms with van der Waals surface area (Å²) in [4.78, 5) is 0. The molecule has 1 atom stereocenters. The van der Waals surface area contributed by atoms with Gasteiger partial charge < -0.3 is 0 Å². The van der Waals surface area contributed by atoms with Crippen LogP contribution in [0.4, 0.5) is 0 Å². The van der Waals surface area contributed by atoms with Crippen molar-refractivity contribution in [1.29, 1.82) is 0 Å². The maximum Gasteiger partial charge on any atom is 0.0210 e. The van der Waals surface area contributed by atoms with E-state index < -0.39 is 0 Å². The molecule has 0 aliphatic rings. The SMILES string of the molecule is CCc1cc(-c2ccc(-c3ccc(C(C)CC)cc3)cc2)c(C)cc1Br. The molecule has 3 rings (SSSR count). The smallest absolute Gasteiger partial charge is 0.0210 e. The minimum absolute atomic E-state index is 0.625. The van der Waals surface area contributed by atoms with E-state index in [-0.39, 0.29) is 0 Å². The van der Waals surface area contributed by atoms with Crippen molar-refractivity contribution in [2.24, 2.45) is 0 Å². The van der Waals surface area contributed by atoms with E-state index in [4.69, 9.17) is 0 Å². The molecule has 0 N–H and O–H groups in total. The molecule has 0 saturated carbocycles. The van der Waals surface area contributed by atoms with Gasteiger partial charge in [0.2, 0.25) is 0 Å². The maximum absolute atomic E-state index is 3.68. The van der Waals surface area contributed by atoms with Crippen LogP contribution in [0.5, 0.6) is 0 Å². The lowest BCUT2D eigenvalue weighted by Gasteiger charge is -2.12. The zero-order chi connectivity index (χ0) is 18.7. The van der Waals surface area contributed by atoms with Crippen LogP contribution in [0.1, 0.15) is 49.8 Å². The molecule has 1 heteroatoms. The van der Waals surface area contributed by atoms with E-state index in [1.165, 1.54) is 49.8 Å². The zero-order valence-corrected chi connectivity index (χ0v) is 17.7. The van der Waals surface area contributed by atoms with Crippen LogP contribution in [-0.2, 0) is 6.42 Å². The normalized spacial score (nSPS) is 12.2. The van der Waals surface area contributed by atoms with Crippen LogP contribution >= 0.6 is 15.9 Å². The molecule has 0 radical (unpaired) electrons. The highest BCUT2D eigenvalue weighted by molar-refractivity contribution is 9.10. The van der Waals surface area contributed by atoms with Gasteiger partial charge in [-0.1, -0.05) is 85.2 Å². The molecule has 0 saturated heterocycles. The average Bonchev–Trinajstić information content (AvgIpc) is 2.68. The van der Waals surface area contributed by atoms with Crippen LogP contribution in [-0.4, -0.2) is 0 Å². The van der Waals surface area contributed by atoms with Crippen molar-refractivity contribution in [2.75, 3.05) is 0 Å². The number of hydrogen-bond donors (Lipinski definition) is 0. The summed E-state index contributed by atoms with van der Waals surface area (Å²) < 4.78 is 1.21. The van der Waals surface area contributed by atoms with E-state index in [2.05, 4.69) is 104 Å². The predicted octanol–water partition coefficient (Wildman–Crippen LogP) is 8.17. The lowest BCUT2D eigenvalue weighted by atomic mass is 9.94.